The lowest BCUT2D eigenvalue weighted by atomic mass is 9.91. The van der Waals surface area contributed by atoms with E-state index in [1.54, 1.807) is 0 Å². The SMILES string of the molecule is CCc1cccc2c1OCC(N1CCCCC1CC)C2O. The Balaban J connectivity index is 1.86. The number of nitrogens with zero attached hydrogens (tertiary/aromatic N) is 1. The zero-order valence-electron chi connectivity index (χ0n) is 13.2. The van der Waals surface area contributed by atoms with E-state index in [1.165, 1.54) is 24.8 Å². The molecule has 116 valence electrons. The third-order valence-electron chi connectivity index (χ3n) is 5.16. The molecule has 3 heteroatoms. The highest BCUT2D eigenvalue weighted by atomic mass is 16.5. The van der Waals surface area contributed by atoms with Gasteiger partial charge in [-0.15, -0.1) is 0 Å². The first-order chi connectivity index (χ1) is 10.3. The molecule has 3 rings (SSSR count). The summed E-state index contributed by atoms with van der Waals surface area (Å²) < 4.78 is 6.07. The number of aryl methyl sites for hydroxylation is 1. The van der Waals surface area contributed by atoms with Crippen LogP contribution in [0.4, 0.5) is 0 Å². The van der Waals surface area contributed by atoms with Crippen LogP contribution in [0.5, 0.6) is 5.75 Å². The second-order valence-electron chi connectivity index (χ2n) is 6.31. The van der Waals surface area contributed by atoms with Gasteiger partial charge in [0, 0.05) is 11.6 Å². The van der Waals surface area contributed by atoms with E-state index in [0.29, 0.717) is 12.6 Å². The Labute approximate surface area is 127 Å². The molecule has 3 atom stereocenters. The average molecular weight is 289 g/mol. The van der Waals surface area contributed by atoms with Crippen LogP contribution in [0.3, 0.4) is 0 Å². The second kappa shape index (κ2) is 6.37. The molecule has 0 aliphatic carbocycles. The number of fused-ring (bicyclic) bond motifs is 1. The number of aliphatic hydroxyl groups is 1. The lowest BCUT2D eigenvalue weighted by Crippen LogP contribution is -2.52. The molecular formula is C18H27NO2. The van der Waals surface area contributed by atoms with Crippen LogP contribution in [-0.4, -0.2) is 35.2 Å². The van der Waals surface area contributed by atoms with E-state index in [0.717, 1.165) is 30.7 Å². The van der Waals surface area contributed by atoms with Crippen LogP contribution in [0.2, 0.25) is 0 Å². The van der Waals surface area contributed by atoms with Crippen LogP contribution in [0.1, 0.15) is 56.8 Å². The normalized spacial score (nSPS) is 29.8. The predicted octanol–water partition coefficient (Wildman–Crippen LogP) is 3.31. The van der Waals surface area contributed by atoms with Gasteiger partial charge >= 0.3 is 0 Å². The molecule has 2 aliphatic heterocycles. The van der Waals surface area contributed by atoms with Gasteiger partial charge < -0.3 is 9.84 Å². The van der Waals surface area contributed by atoms with Crippen molar-refractivity contribution in [3.05, 3.63) is 29.3 Å². The van der Waals surface area contributed by atoms with Gasteiger partial charge in [0.05, 0.1) is 6.04 Å². The van der Waals surface area contributed by atoms with Crippen LogP contribution in [0.25, 0.3) is 0 Å². The van der Waals surface area contributed by atoms with Gasteiger partial charge in [-0.25, -0.2) is 0 Å². The van der Waals surface area contributed by atoms with Gasteiger partial charge in [0.15, 0.2) is 0 Å². The van der Waals surface area contributed by atoms with Gasteiger partial charge in [-0.1, -0.05) is 38.5 Å². The first kappa shape index (κ1) is 14.9. The summed E-state index contributed by atoms with van der Waals surface area (Å²) in [6.07, 6.45) is 5.48. The van der Waals surface area contributed by atoms with Gasteiger partial charge in [-0.3, -0.25) is 4.90 Å². The van der Waals surface area contributed by atoms with E-state index >= 15 is 0 Å². The molecule has 1 aromatic rings. The van der Waals surface area contributed by atoms with Crippen LogP contribution in [0.15, 0.2) is 18.2 Å². The number of ether oxygens (including phenoxy) is 1. The maximum absolute atomic E-state index is 10.9. The van der Waals surface area contributed by atoms with E-state index in [2.05, 4.69) is 24.8 Å². The Kier molecular flexibility index (Phi) is 4.51. The number of hydrogen-bond acceptors (Lipinski definition) is 3. The molecular weight excluding hydrogens is 262 g/mol. The van der Waals surface area contributed by atoms with E-state index in [-0.39, 0.29) is 6.04 Å². The number of hydrogen-bond donors (Lipinski definition) is 1. The van der Waals surface area contributed by atoms with Crippen molar-refractivity contribution >= 4 is 0 Å². The Morgan fingerprint density at radius 2 is 2.14 bits per heavy atom. The molecule has 1 aromatic carbocycles. The van der Waals surface area contributed by atoms with Crippen LogP contribution < -0.4 is 4.74 Å². The van der Waals surface area contributed by atoms with Crippen molar-refractivity contribution in [2.75, 3.05) is 13.2 Å². The Morgan fingerprint density at radius 3 is 2.90 bits per heavy atom. The zero-order chi connectivity index (χ0) is 14.8. The van der Waals surface area contributed by atoms with Crippen molar-refractivity contribution in [1.82, 2.24) is 4.90 Å². The van der Waals surface area contributed by atoms with E-state index in [4.69, 9.17) is 4.74 Å². The first-order valence-corrected chi connectivity index (χ1v) is 8.44. The molecule has 21 heavy (non-hydrogen) atoms. The monoisotopic (exact) mass is 289 g/mol. The van der Waals surface area contributed by atoms with Gasteiger partial charge in [-0.05, 0) is 37.8 Å². The van der Waals surface area contributed by atoms with Crippen LogP contribution in [0, 0.1) is 0 Å². The van der Waals surface area contributed by atoms with Crippen molar-refractivity contribution < 1.29 is 9.84 Å². The number of para-hydroxylation sites is 1. The molecule has 1 N–H and O–H groups in total. The van der Waals surface area contributed by atoms with Gasteiger partial charge in [0.2, 0.25) is 0 Å². The van der Waals surface area contributed by atoms with Gasteiger partial charge in [0.1, 0.15) is 18.5 Å². The quantitative estimate of drug-likeness (QED) is 0.926. The number of piperidine rings is 1. The molecule has 2 heterocycles. The largest absolute Gasteiger partial charge is 0.491 e. The fraction of sp³-hybridized carbons (Fsp3) is 0.667. The molecule has 3 nitrogen and oxygen atoms in total. The first-order valence-electron chi connectivity index (χ1n) is 8.44. The van der Waals surface area contributed by atoms with E-state index in [1.807, 2.05) is 12.1 Å². The molecule has 0 aromatic heterocycles. The minimum absolute atomic E-state index is 0.106. The number of aliphatic hydroxyl groups excluding tert-OH is 1. The van der Waals surface area contributed by atoms with Gasteiger partial charge in [-0.2, -0.15) is 0 Å². The third kappa shape index (κ3) is 2.69. The fourth-order valence-electron chi connectivity index (χ4n) is 3.93. The summed E-state index contributed by atoms with van der Waals surface area (Å²) in [5.74, 6) is 0.925. The molecule has 0 spiro atoms. The molecule has 0 radical (unpaired) electrons. The molecule has 1 fully saturated rings. The van der Waals surface area contributed by atoms with Gasteiger partial charge in [0.25, 0.3) is 0 Å². The predicted molar refractivity (Wildman–Crippen MR) is 84.7 cm³/mol. The van der Waals surface area contributed by atoms with Crippen molar-refractivity contribution in [2.45, 2.75) is 64.1 Å². The molecule has 1 saturated heterocycles. The Morgan fingerprint density at radius 1 is 1.29 bits per heavy atom. The summed E-state index contributed by atoms with van der Waals surface area (Å²) in [6.45, 7) is 6.09. The smallest absolute Gasteiger partial charge is 0.128 e. The Bertz CT molecular complexity index is 488. The van der Waals surface area contributed by atoms with Crippen molar-refractivity contribution in [2.24, 2.45) is 0 Å². The maximum Gasteiger partial charge on any atom is 0.128 e. The summed E-state index contributed by atoms with van der Waals surface area (Å²) in [4.78, 5) is 2.50. The molecule has 3 unspecified atom stereocenters. The lowest BCUT2D eigenvalue weighted by Gasteiger charge is -2.44. The summed E-state index contributed by atoms with van der Waals surface area (Å²) in [5, 5.41) is 10.9. The number of likely N-dealkylation sites (tertiary alicyclic amines) is 1. The summed E-state index contributed by atoms with van der Waals surface area (Å²) in [7, 11) is 0. The molecule has 0 saturated carbocycles. The third-order valence-corrected chi connectivity index (χ3v) is 5.16. The summed E-state index contributed by atoms with van der Waals surface area (Å²) >= 11 is 0. The molecule has 0 bridgehead atoms. The lowest BCUT2D eigenvalue weighted by molar-refractivity contribution is -0.0296. The average Bonchev–Trinajstić information content (AvgIpc) is 2.55. The fourth-order valence-corrected chi connectivity index (χ4v) is 3.93. The number of benzene rings is 1. The van der Waals surface area contributed by atoms with Crippen LogP contribution in [-0.2, 0) is 6.42 Å². The van der Waals surface area contributed by atoms with Crippen LogP contribution >= 0.6 is 0 Å². The number of rotatable bonds is 3. The highest BCUT2D eigenvalue weighted by molar-refractivity contribution is 5.44. The minimum atomic E-state index is -0.424. The Hall–Kier alpha value is -1.06. The van der Waals surface area contributed by atoms with Crippen molar-refractivity contribution in [1.29, 1.82) is 0 Å². The maximum atomic E-state index is 10.9. The highest BCUT2D eigenvalue weighted by Gasteiger charge is 2.37. The molecule has 2 aliphatic rings. The van der Waals surface area contributed by atoms with E-state index in [9.17, 15) is 5.11 Å². The van der Waals surface area contributed by atoms with E-state index < -0.39 is 6.10 Å². The summed E-state index contributed by atoms with van der Waals surface area (Å²) in [5.41, 5.74) is 2.18. The zero-order valence-corrected chi connectivity index (χ0v) is 13.2. The van der Waals surface area contributed by atoms with Crippen molar-refractivity contribution in [3.63, 3.8) is 0 Å². The summed E-state index contributed by atoms with van der Waals surface area (Å²) in [6, 6.07) is 6.87. The second-order valence-corrected chi connectivity index (χ2v) is 6.31. The minimum Gasteiger partial charge on any atom is -0.491 e. The standard InChI is InChI=1S/C18H27NO2/c1-3-13-8-7-10-15-17(20)16(12-21-18(13)15)19-11-6-5-9-14(19)4-2/h7-8,10,14,16-17,20H,3-6,9,11-12H2,1-2H3. The van der Waals surface area contributed by atoms with Crippen molar-refractivity contribution in [3.8, 4) is 5.75 Å². The topological polar surface area (TPSA) is 32.7 Å². The highest BCUT2D eigenvalue weighted by Crippen LogP contribution is 2.38. The molecule has 0 amide bonds.